The minimum absolute atomic E-state index is 0.0536. The molecule has 5 rings (SSSR count). The van der Waals surface area contributed by atoms with Crippen LogP contribution in [0.3, 0.4) is 0 Å². The minimum Gasteiger partial charge on any atom is -0.489 e. The Bertz CT molecular complexity index is 1120. The molecule has 1 N–H and O–H groups in total. The van der Waals surface area contributed by atoms with Gasteiger partial charge in [-0.05, 0) is 44.2 Å². The van der Waals surface area contributed by atoms with Crippen LogP contribution in [0.2, 0.25) is 0 Å². The van der Waals surface area contributed by atoms with Crippen molar-refractivity contribution >= 4 is 17.3 Å². The van der Waals surface area contributed by atoms with Crippen LogP contribution in [0, 0.1) is 11.6 Å². The highest BCUT2D eigenvalue weighted by molar-refractivity contribution is 5.69. The Hall–Kier alpha value is -3.24. The fourth-order valence-electron chi connectivity index (χ4n) is 4.27. The molecule has 2 aliphatic heterocycles. The Morgan fingerprint density at radius 3 is 2.50 bits per heavy atom. The third-order valence-electron chi connectivity index (χ3n) is 5.95. The van der Waals surface area contributed by atoms with Gasteiger partial charge in [0, 0.05) is 44.0 Å². The first-order valence-electron chi connectivity index (χ1n) is 11.5. The van der Waals surface area contributed by atoms with E-state index in [-0.39, 0.29) is 11.8 Å². The van der Waals surface area contributed by atoms with Crippen LogP contribution >= 0.6 is 0 Å². The molecule has 3 aromatic rings. The summed E-state index contributed by atoms with van der Waals surface area (Å²) in [6.45, 7) is 9.39. The van der Waals surface area contributed by atoms with Crippen LogP contribution in [0.15, 0.2) is 42.7 Å². The van der Waals surface area contributed by atoms with Gasteiger partial charge in [-0.1, -0.05) is 0 Å². The third kappa shape index (κ3) is 4.97. The maximum Gasteiger partial charge on any atom is 0.246 e. The van der Waals surface area contributed by atoms with Crippen LogP contribution in [0.4, 0.5) is 26.1 Å². The van der Waals surface area contributed by atoms with E-state index >= 15 is 0 Å². The van der Waals surface area contributed by atoms with Gasteiger partial charge in [0.15, 0.2) is 0 Å². The second kappa shape index (κ2) is 9.55. The summed E-state index contributed by atoms with van der Waals surface area (Å²) in [5.74, 6) is -0.191. The fraction of sp³-hybridized carbons (Fsp3) is 0.417. The summed E-state index contributed by atoms with van der Waals surface area (Å²) >= 11 is 0. The van der Waals surface area contributed by atoms with Crippen molar-refractivity contribution in [3.8, 4) is 11.4 Å². The molecule has 2 saturated heterocycles. The van der Waals surface area contributed by atoms with Gasteiger partial charge >= 0.3 is 0 Å². The molecule has 0 unspecified atom stereocenters. The molecule has 0 spiro atoms. The monoisotopic (exact) mass is 470 g/mol. The first-order chi connectivity index (χ1) is 16.4. The van der Waals surface area contributed by atoms with Crippen molar-refractivity contribution in [2.75, 3.05) is 49.6 Å². The summed E-state index contributed by atoms with van der Waals surface area (Å²) in [5.41, 5.74) is 2.06. The molecule has 0 radical (unpaired) electrons. The van der Waals surface area contributed by atoms with Crippen molar-refractivity contribution in [2.24, 2.45) is 0 Å². The predicted octanol–water partition coefficient (Wildman–Crippen LogP) is 3.60. The van der Waals surface area contributed by atoms with Crippen molar-refractivity contribution in [2.45, 2.75) is 26.0 Å². The minimum atomic E-state index is -0.671. The van der Waals surface area contributed by atoms with Gasteiger partial charge in [-0.15, -0.1) is 5.10 Å². The van der Waals surface area contributed by atoms with Crippen LogP contribution in [0.5, 0.6) is 5.75 Å². The number of halogens is 2. The molecule has 10 heteroatoms. The standard InChI is InChI=1S/C24H28F2N6O2/c1-16(2)34-23-4-3-19(12-22(23)31-13-21(14-31)30-5-7-33-8-6-30)28-24-27-15-32(29-24)20-10-17(25)9-18(26)11-20/h3-4,9-12,15-16,21H,5-8,13-14H2,1-2H3,(H,28,29). The predicted molar refractivity (Wildman–Crippen MR) is 125 cm³/mol. The molecule has 34 heavy (non-hydrogen) atoms. The van der Waals surface area contributed by atoms with E-state index in [1.165, 1.54) is 23.1 Å². The molecule has 1 aromatic heterocycles. The van der Waals surface area contributed by atoms with Crippen molar-refractivity contribution in [1.82, 2.24) is 19.7 Å². The van der Waals surface area contributed by atoms with Gasteiger partial charge in [-0.2, -0.15) is 4.98 Å². The lowest BCUT2D eigenvalue weighted by molar-refractivity contribution is 0.0104. The van der Waals surface area contributed by atoms with Gasteiger partial charge in [0.05, 0.1) is 30.7 Å². The molecular weight excluding hydrogens is 442 g/mol. The fourth-order valence-corrected chi connectivity index (χ4v) is 4.27. The zero-order valence-corrected chi connectivity index (χ0v) is 19.2. The smallest absolute Gasteiger partial charge is 0.246 e. The number of rotatable bonds is 7. The average Bonchev–Trinajstić information content (AvgIpc) is 3.23. The number of morpholine rings is 1. The van der Waals surface area contributed by atoms with Crippen LogP contribution < -0.4 is 15.0 Å². The lowest BCUT2D eigenvalue weighted by Gasteiger charge is -2.48. The number of hydrogen-bond donors (Lipinski definition) is 1. The van der Waals surface area contributed by atoms with Crippen molar-refractivity contribution in [3.63, 3.8) is 0 Å². The average molecular weight is 471 g/mol. The Kier molecular flexibility index (Phi) is 6.34. The Labute approximate surface area is 197 Å². The van der Waals surface area contributed by atoms with E-state index in [1.54, 1.807) is 0 Å². The van der Waals surface area contributed by atoms with Crippen molar-refractivity contribution in [1.29, 1.82) is 0 Å². The number of nitrogens with one attached hydrogen (secondary N) is 1. The summed E-state index contributed by atoms with van der Waals surface area (Å²) in [5, 5.41) is 7.49. The summed E-state index contributed by atoms with van der Waals surface area (Å²) < 4.78 is 40.0. The van der Waals surface area contributed by atoms with Gasteiger partial charge in [0.25, 0.3) is 0 Å². The van der Waals surface area contributed by atoms with Crippen LogP contribution in [-0.4, -0.2) is 71.2 Å². The lowest BCUT2D eigenvalue weighted by atomic mass is 10.0. The van der Waals surface area contributed by atoms with E-state index in [4.69, 9.17) is 9.47 Å². The van der Waals surface area contributed by atoms with E-state index in [0.29, 0.717) is 12.0 Å². The van der Waals surface area contributed by atoms with Crippen LogP contribution in [0.1, 0.15) is 13.8 Å². The Balaban J connectivity index is 1.32. The lowest BCUT2D eigenvalue weighted by Crippen LogP contribution is -2.61. The molecule has 0 atom stereocenters. The molecule has 0 bridgehead atoms. The summed E-state index contributed by atoms with van der Waals surface area (Å²) in [6.07, 6.45) is 1.47. The molecule has 2 aromatic carbocycles. The zero-order valence-electron chi connectivity index (χ0n) is 19.2. The van der Waals surface area contributed by atoms with Crippen LogP contribution in [0.25, 0.3) is 5.69 Å². The highest BCUT2D eigenvalue weighted by Gasteiger charge is 2.34. The second-order valence-electron chi connectivity index (χ2n) is 8.82. The maximum absolute atomic E-state index is 13.6. The largest absolute Gasteiger partial charge is 0.489 e. The van der Waals surface area contributed by atoms with Gasteiger partial charge in [-0.3, -0.25) is 4.90 Å². The van der Waals surface area contributed by atoms with Gasteiger partial charge in [0.2, 0.25) is 5.95 Å². The summed E-state index contributed by atoms with van der Waals surface area (Å²) in [6, 6.07) is 9.61. The molecule has 2 aliphatic rings. The van der Waals surface area contributed by atoms with Gasteiger partial charge in [0.1, 0.15) is 23.7 Å². The number of benzene rings is 2. The van der Waals surface area contributed by atoms with E-state index in [2.05, 4.69) is 25.2 Å². The summed E-state index contributed by atoms with van der Waals surface area (Å²) in [7, 11) is 0. The van der Waals surface area contributed by atoms with E-state index < -0.39 is 11.6 Å². The number of hydrogen-bond acceptors (Lipinski definition) is 7. The first-order valence-corrected chi connectivity index (χ1v) is 11.5. The zero-order chi connectivity index (χ0) is 23.7. The molecular formula is C24H28F2N6O2. The highest BCUT2D eigenvalue weighted by Crippen LogP contribution is 2.36. The Morgan fingerprint density at radius 2 is 1.79 bits per heavy atom. The maximum atomic E-state index is 13.6. The number of ether oxygens (including phenoxy) is 2. The third-order valence-corrected chi connectivity index (χ3v) is 5.95. The molecule has 0 saturated carbocycles. The molecule has 180 valence electrons. The topological polar surface area (TPSA) is 67.7 Å². The number of nitrogens with zero attached hydrogens (tertiary/aromatic N) is 5. The molecule has 2 fully saturated rings. The molecule has 8 nitrogen and oxygen atoms in total. The SMILES string of the molecule is CC(C)Oc1ccc(Nc2ncn(-c3cc(F)cc(F)c3)n2)cc1N1CC(N2CCOCC2)C1. The van der Waals surface area contributed by atoms with E-state index in [0.717, 1.165) is 62.6 Å². The Morgan fingerprint density at radius 1 is 1.06 bits per heavy atom. The van der Waals surface area contributed by atoms with Crippen LogP contribution in [-0.2, 0) is 4.74 Å². The second-order valence-corrected chi connectivity index (χ2v) is 8.82. The van der Waals surface area contributed by atoms with Crippen molar-refractivity contribution < 1.29 is 18.3 Å². The van der Waals surface area contributed by atoms with Crippen molar-refractivity contribution in [3.05, 3.63) is 54.4 Å². The molecule has 0 aliphatic carbocycles. The van der Waals surface area contributed by atoms with Gasteiger partial charge in [-0.25, -0.2) is 13.5 Å². The summed E-state index contributed by atoms with van der Waals surface area (Å²) in [4.78, 5) is 9.03. The molecule has 0 amide bonds. The quantitative estimate of drug-likeness (QED) is 0.566. The normalized spacial score (nSPS) is 17.1. The van der Waals surface area contributed by atoms with E-state index in [1.807, 2.05) is 32.0 Å². The van der Waals surface area contributed by atoms with E-state index in [9.17, 15) is 8.78 Å². The van der Waals surface area contributed by atoms with Gasteiger partial charge < -0.3 is 19.7 Å². The first kappa shape index (κ1) is 22.5. The number of aromatic nitrogens is 3. The highest BCUT2D eigenvalue weighted by atomic mass is 19.1. The molecule has 3 heterocycles. The number of anilines is 3.